The maximum Gasteiger partial charge on any atom is 0.407 e. The Labute approximate surface area is 219 Å². The van der Waals surface area contributed by atoms with Gasteiger partial charge in [0.1, 0.15) is 29.2 Å². The van der Waals surface area contributed by atoms with E-state index in [-0.39, 0.29) is 30.8 Å². The normalized spacial score (nSPS) is 20.0. The van der Waals surface area contributed by atoms with Gasteiger partial charge in [0.05, 0.1) is 6.54 Å². The number of benzene rings is 1. The molecule has 1 unspecified atom stereocenters. The second-order valence-electron chi connectivity index (χ2n) is 11.1. The number of nitrogens with one attached hydrogen (secondary N) is 1. The average molecular weight is 529 g/mol. The number of hydrogen-bond donors (Lipinski definition) is 1. The van der Waals surface area contributed by atoms with Crippen molar-refractivity contribution in [3.63, 3.8) is 0 Å². The highest BCUT2D eigenvalue weighted by atomic mass is 19.3. The van der Waals surface area contributed by atoms with Crippen LogP contribution < -0.4 is 10.2 Å². The Morgan fingerprint density at radius 2 is 1.92 bits per heavy atom. The summed E-state index contributed by atoms with van der Waals surface area (Å²) < 4.78 is 50.7. The van der Waals surface area contributed by atoms with Crippen molar-refractivity contribution in [2.45, 2.75) is 59.2 Å². The Kier molecular flexibility index (Phi) is 6.80. The lowest BCUT2D eigenvalue weighted by atomic mass is 9.88. The summed E-state index contributed by atoms with van der Waals surface area (Å²) in [4.78, 5) is 18.0. The van der Waals surface area contributed by atoms with Gasteiger partial charge in [-0.2, -0.15) is 18.6 Å². The monoisotopic (exact) mass is 528 g/mol. The molecule has 2 aromatic heterocycles. The summed E-state index contributed by atoms with van der Waals surface area (Å²) in [5, 5.41) is 16.7. The fourth-order valence-corrected chi connectivity index (χ4v) is 4.68. The number of aromatic nitrogens is 3. The molecule has 0 spiro atoms. The molecular weight excluding hydrogens is 497 g/mol. The zero-order chi connectivity index (χ0) is 28.0. The SMILES string of the molecule is Cc1c(-c2ccccc2)c(N2CC(F)[C@](C)(CNC(=O)OC(C)(C)C)C2)n2nc(C(C)(F)F)nc2c1C#N. The molecule has 1 amide bonds. The number of ether oxygens (including phenoxy) is 1. The van der Waals surface area contributed by atoms with Crippen molar-refractivity contribution in [3.05, 3.63) is 47.3 Å². The molecule has 1 saturated heterocycles. The van der Waals surface area contributed by atoms with Crippen molar-refractivity contribution < 1.29 is 22.7 Å². The molecule has 11 heteroatoms. The van der Waals surface area contributed by atoms with Crippen LogP contribution in [-0.2, 0) is 10.7 Å². The minimum Gasteiger partial charge on any atom is -0.444 e. The molecule has 0 aliphatic carbocycles. The predicted molar refractivity (Wildman–Crippen MR) is 137 cm³/mol. The molecule has 0 radical (unpaired) electrons. The van der Waals surface area contributed by atoms with Crippen LogP contribution in [0.15, 0.2) is 30.3 Å². The summed E-state index contributed by atoms with van der Waals surface area (Å²) in [5.41, 5.74) is 0.182. The lowest BCUT2D eigenvalue weighted by Gasteiger charge is -2.29. The molecule has 0 bridgehead atoms. The van der Waals surface area contributed by atoms with Crippen molar-refractivity contribution in [1.82, 2.24) is 19.9 Å². The number of carbonyl (C=O) groups excluding carboxylic acids is 1. The van der Waals surface area contributed by atoms with Crippen LogP contribution in [0.25, 0.3) is 16.8 Å². The van der Waals surface area contributed by atoms with Crippen molar-refractivity contribution in [2.24, 2.45) is 5.41 Å². The molecule has 3 heterocycles. The van der Waals surface area contributed by atoms with E-state index < -0.39 is 35.0 Å². The van der Waals surface area contributed by atoms with E-state index in [2.05, 4.69) is 21.5 Å². The fourth-order valence-electron chi connectivity index (χ4n) is 4.68. The molecule has 1 aliphatic rings. The Hall–Kier alpha value is -3.81. The van der Waals surface area contributed by atoms with Gasteiger partial charge in [0.15, 0.2) is 5.65 Å². The summed E-state index contributed by atoms with van der Waals surface area (Å²) in [5.74, 6) is -3.73. The van der Waals surface area contributed by atoms with Crippen LogP contribution in [0.4, 0.5) is 23.8 Å². The van der Waals surface area contributed by atoms with Gasteiger partial charge in [-0.1, -0.05) is 37.3 Å². The summed E-state index contributed by atoms with van der Waals surface area (Å²) in [7, 11) is 0. The van der Waals surface area contributed by atoms with E-state index >= 15 is 4.39 Å². The van der Waals surface area contributed by atoms with Gasteiger partial charge < -0.3 is 15.0 Å². The van der Waals surface area contributed by atoms with Crippen LogP contribution in [0.1, 0.15) is 51.6 Å². The molecule has 1 fully saturated rings. The third kappa shape index (κ3) is 5.12. The smallest absolute Gasteiger partial charge is 0.407 e. The molecule has 8 nitrogen and oxygen atoms in total. The number of fused-ring (bicyclic) bond motifs is 1. The largest absolute Gasteiger partial charge is 0.444 e. The van der Waals surface area contributed by atoms with Crippen molar-refractivity contribution in [2.75, 3.05) is 24.5 Å². The van der Waals surface area contributed by atoms with Crippen LogP contribution in [-0.4, -0.2) is 52.1 Å². The number of carbonyl (C=O) groups is 1. The number of rotatable bonds is 5. The molecular formula is C27H31F3N6O2. The molecule has 202 valence electrons. The lowest BCUT2D eigenvalue weighted by molar-refractivity contribution is 0.00799. The third-order valence-corrected chi connectivity index (χ3v) is 6.60. The van der Waals surface area contributed by atoms with Gasteiger partial charge in [0, 0.05) is 31.0 Å². The number of alkyl halides is 3. The molecule has 2 atom stereocenters. The topological polar surface area (TPSA) is 95.6 Å². The van der Waals surface area contributed by atoms with E-state index in [4.69, 9.17) is 4.74 Å². The van der Waals surface area contributed by atoms with E-state index in [1.807, 2.05) is 30.3 Å². The Morgan fingerprint density at radius 3 is 2.50 bits per heavy atom. The highest BCUT2D eigenvalue weighted by molar-refractivity contribution is 5.85. The summed E-state index contributed by atoms with van der Waals surface area (Å²) in [6.45, 7) is 9.37. The second kappa shape index (κ2) is 9.49. The number of alkyl carbamates (subject to hydrolysis) is 1. The summed E-state index contributed by atoms with van der Waals surface area (Å²) in [6.07, 6.45) is -2.03. The quantitative estimate of drug-likeness (QED) is 0.478. The first-order valence-corrected chi connectivity index (χ1v) is 12.3. The number of hydrogen-bond acceptors (Lipinski definition) is 6. The standard InChI is InChI=1S/C27H31F3N6O2/c1-16-18(12-31)21-33-23(27(6,29)30)34-36(21)22(20(16)17-10-8-7-9-11-17)35-13-19(28)26(5,15-35)14-32-24(37)38-25(2,3)4/h7-11,19H,13-15H2,1-6H3,(H,32,37)/t19?,26-/m1/s1. The predicted octanol–water partition coefficient (Wildman–Crippen LogP) is 5.38. The Morgan fingerprint density at radius 1 is 1.26 bits per heavy atom. The van der Waals surface area contributed by atoms with Crippen LogP contribution in [0.5, 0.6) is 0 Å². The van der Waals surface area contributed by atoms with Gasteiger partial charge in [0.25, 0.3) is 0 Å². The average Bonchev–Trinajstić information content (AvgIpc) is 3.38. The van der Waals surface area contributed by atoms with E-state index in [9.17, 15) is 18.8 Å². The molecule has 1 aliphatic heterocycles. The van der Waals surface area contributed by atoms with Gasteiger partial charge in [-0.25, -0.2) is 14.2 Å². The molecule has 3 aromatic rings. The van der Waals surface area contributed by atoms with Crippen molar-refractivity contribution >= 4 is 17.6 Å². The van der Waals surface area contributed by atoms with Crippen LogP contribution in [0.2, 0.25) is 0 Å². The van der Waals surface area contributed by atoms with E-state index in [0.29, 0.717) is 23.9 Å². The third-order valence-electron chi connectivity index (χ3n) is 6.60. The zero-order valence-corrected chi connectivity index (χ0v) is 22.3. The highest BCUT2D eigenvalue weighted by Gasteiger charge is 2.46. The van der Waals surface area contributed by atoms with E-state index in [0.717, 1.165) is 5.56 Å². The van der Waals surface area contributed by atoms with Crippen LogP contribution in [0.3, 0.4) is 0 Å². The first kappa shape index (κ1) is 27.2. The highest BCUT2D eigenvalue weighted by Crippen LogP contribution is 2.42. The van der Waals surface area contributed by atoms with Gasteiger partial charge in [-0.05, 0) is 38.8 Å². The van der Waals surface area contributed by atoms with Gasteiger partial charge in [-0.15, -0.1) is 5.10 Å². The second-order valence-corrected chi connectivity index (χ2v) is 11.1. The van der Waals surface area contributed by atoms with E-state index in [1.54, 1.807) is 39.5 Å². The van der Waals surface area contributed by atoms with E-state index in [1.165, 1.54) is 4.52 Å². The Bertz CT molecular complexity index is 1400. The summed E-state index contributed by atoms with van der Waals surface area (Å²) in [6, 6.07) is 11.2. The van der Waals surface area contributed by atoms with Crippen molar-refractivity contribution in [1.29, 1.82) is 5.26 Å². The minimum atomic E-state index is -3.35. The van der Waals surface area contributed by atoms with Crippen molar-refractivity contribution in [3.8, 4) is 17.2 Å². The number of halogens is 3. The molecule has 0 saturated carbocycles. The number of nitrogens with zero attached hydrogens (tertiary/aromatic N) is 5. The molecule has 4 rings (SSSR count). The maximum atomic E-state index is 15.6. The van der Waals surface area contributed by atoms with Crippen LogP contribution >= 0.6 is 0 Å². The number of pyridine rings is 1. The van der Waals surface area contributed by atoms with Gasteiger partial charge >= 0.3 is 12.0 Å². The molecule has 1 aromatic carbocycles. The number of anilines is 1. The molecule has 1 N–H and O–H groups in total. The summed E-state index contributed by atoms with van der Waals surface area (Å²) >= 11 is 0. The number of amides is 1. The minimum absolute atomic E-state index is 0.00566. The first-order valence-electron chi connectivity index (χ1n) is 12.3. The molecule has 38 heavy (non-hydrogen) atoms. The van der Waals surface area contributed by atoms with Gasteiger partial charge in [-0.3, -0.25) is 0 Å². The Balaban J connectivity index is 1.84. The fraction of sp³-hybridized carbons (Fsp3) is 0.481. The van der Waals surface area contributed by atoms with Gasteiger partial charge in [0.2, 0.25) is 5.82 Å². The maximum absolute atomic E-state index is 15.6. The zero-order valence-electron chi connectivity index (χ0n) is 22.3. The first-order chi connectivity index (χ1) is 17.6. The lowest BCUT2D eigenvalue weighted by Crippen LogP contribution is -2.43. The number of nitriles is 1. The van der Waals surface area contributed by atoms with Crippen LogP contribution in [0, 0.1) is 23.7 Å².